The molecule has 2 rings (SSSR count). The Hall–Kier alpha value is -1.32. The van der Waals surface area contributed by atoms with Gasteiger partial charge in [-0.05, 0) is 52.5 Å². The highest BCUT2D eigenvalue weighted by Gasteiger charge is 2.23. The van der Waals surface area contributed by atoms with Crippen LogP contribution in [0.15, 0.2) is 12.3 Å². The Labute approximate surface area is 116 Å². The van der Waals surface area contributed by atoms with Crippen molar-refractivity contribution in [2.24, 2.45) is 0 Å². The molecule has 1 fully saturated rings. The van der Waals surface area contributed by atoms with E-state index in [9.17, 15) is 0 Å². The second-order valence-electron chi connectivity index (χ2n) is 6.37. The van der Waals surface area contributed by atoms with Crippen LogP contribution in [0.4, 0.5) is 11.8 Å². The van der Waals surface area contributed by atoms with Crippen LogP contribution in [-0.2, 0) is 0 Å². The number of nitrogens with one attached hydrogen (secondary N) is 1. The highest BCUT2D eigenvalue weighted by Crippen LogP contribution is 2.24. The molecule has 0 bridgehead atoms. The van der Waals surface area contributed by atoms with Crippen molar-refractivity contribution in [3.05, 3.63) is 12.3 Å². The highest BCUT2D eigenvalue weighted by molar-refractivity contribution is 5.43. The molecule has 0 spiro atoms. The molecule has 106 valence electrons. The maximum Gasteiger partial charge on any atom is 0.227 e. The number of hydrogen-bond acceptors (Lipinski definition) is 4. The van der Waals surface area contributed by atoms with Crippen LogP contribution in [0.2, 0.25) is 0 Å². The van der Waals surface area contributed by atoms with Crippen molar-refractivity contribution >= 4 is 11.8 Å². The maximum absolute atomic E-state index is 4.68. The average molecular weight is 262 g/mol. The van der Waals surface area contributed by atoms with Crippen LogP contribution in [0.25, 0.3) is 0 Å². The lowest BCUT2D eigenvalue weighted by atomic mass is 10.0. The fourth-order valence-electron chi connectivity index (χ4n) is 2.63. The molecule has 1 saturated heterocycles. The van der Waals surface area contributed by atoms with E-state index in [0.29, 0.717) is 6.04 Å². The Kier molecular flexibility index (Phi) is 4.27. The van der Waals surface area contributed by atoms with Crippen LogP contribution in [0.5, 0.6) is 0 Å². The first-order valence-electron chi connectivity index (χ1n) is 7.37. The molecule has 1 aliphatic heterocycles. The summed E-state index contributed by atoms with van der Waals surface area (Å²) in [6.45, 7) is 9.76. The lowest BCUT2D eigenvalue weighted by molar-refractivity contribution is 0.443. The second-order valence-corrected chi connectivity index (χ2v) is 6.37. The zero-order valence-corrected chi connectivity index (χ0v) is 12.6. The van der Waals surface area contributed by atoms with Gasteiger partial charge in [-0.3, -0.25) is 0 Å². The van der Waals surface area contributed by atoms with Crippen molar-refractivity contribution in [1.82, 2.24) is 9.97 Å². The van der Waals surface area contributed by atoms with Crippen molar-refractivity contribution in [2.75, 3.05) is 16.8 Å². The SMILES string of the molecule is CCC1CCCCN1c1nccc(NC(C)(C)C)n1. The molecule has 4 nitrogen and oxygen atoms in total. The van der Waals surface area contributed by atoms with E-state index in [2.05, 4.69) is 47.9 Å². The summed E-state index contributed by atoms with van der Waals surface area (Å²) in [4.78, 5) is 11.5. The maximum atomic E-state index is 4.68. The summed E-state index contributed by atoms with van der Waals surface area (Å²) in [5.41, 5.74) is 0.0255. The van der Waals surface area contributed by atoms with Crippen molar-refractivity contribution in [3.63, 3.8) is 0 Å². The molecule has 1 N–H and O–H groups in total. The van der Waals surface area contributed by atoms with Gasteiger partial charge in [0.2, 0.25) is 5.95 Å². The fraction of sp³-hybridized carbons (Fsp3) is 0.733. The van der Waals surface area contributed by atoms with Gasteiger partial charge < -0.3 is 10.2 Å². The van der Waals surface area contributed by atoms with E-state index in [0.717, 1.165) is 18.3 Å². The Morgan fingerprint density at radius 1 is 1.37 bits per heavy atom. The molecule has 1 unspecified atom stereocenters. The summed E-state index contributed by atoms with van der Waals surface area (Å²) >= 11 is 0. The zero-order chi connectivity index (χ0) is 13.9. The van der Waals surface area contributed by atoms with Gasteiger partial charge in [0.15, 0.2) is 0 Å². The molecule has 0 amide bonds. The summed E-state index contributed by atoms with van der Waals surface area (Å²) in [5.74, 6) is 1.79. The Bertz CT molecular complexity index is 411. The molecule has 19 heavy (non-hydrogen) atoms. The Balaban J connectivity index is 2.17. The van der Waals surface area contributed by atoms with Gasteiger partial charge in [0.1, 0.15) is 5.82 Å². The van der Waals surface area contributed by atoms with E-state index >= 15 is 0 Å². The number of anilines is 2. The van der Waals surface area contributed by atoms with Gasteiger partial charge in [-0.25, -0.2) is 4.98 Å². The number of piperidine rings is 1. The first kappa shape index (κ1) is 14.1. The molecule has 2 heterocycles. The Morgan fingerprint density at radius 2 is 2.16 bits per heavy atom. The molecule has 0 aliphatic carbocycles. The molecule has 1 aromatic heterocycles. The van der Waals surface area contributed by atoms with Crippen LogP contribution in [-0.4, -0.2) is 28.1 Å². The van der Waals surface area contributed by atoms with Crippen molar-refractivity contribution in [3.8, 4) is 0 Å². The molecule has 1 aromatic rings. The first-order chi connectivity index (χ1) is 8.99. The molecule has 0 saturated carbocycles. The molecule has 4 heteroatoms. The second kappa shape index (κ2) is 5.76. The van der Waals surface area contributed by atoms with E-state index in [-0.39, 0.29) is 5.54 Å². The minimum absolute atomic E-state index is 0.0255. The summed E-state index contributed by atoms with van der Waals surface area (Å²) in [5, 5.41) is 3.42. The third-order valence-electron chi connectivity index (χ3n) is 3.50. The van der Waals surface area contributed by atoms with E-state index in [1.807, 2.05) is 12.3 Å². The number of nitrogens with zero attached hydrogens (tertiary/aromatic N) is 3. The van der Waals surface area contributed by atoms with E-state index < -0.39 is 0 Å². The lowest BCUT2D eigenvalue weighted by Gasteiger charge is -2.35. The molecule has 1 aliphatic rings. The van der Waals surface area contributed by atoms with Crippen LogP contribution in [0, 0.1) is 0 Å². The summed E-state index contributed by atoms with van der Waals surface area (Å²) in [6.07, 6.45) is 6.86. The van der Waals surface area contributed by atoms with E-state index in [4.69, 9.17) is 0 Å². The third kappa shape index (κ3) is 3.82. The predicted octanol–water partition coefficient (Wildman–Crippen LogP) is 3.46. The molecule has 1 atom stereocenters. The topological polar surface area (TPSA) is 41.1 Å². The van der Waals surface area contributed by atoms with Gasteiger partial charge in [0, 0.05) is 24.3 Å². The monoisotopic (exact) mass is 262 g/mol. The quantitative estimate of drug-likeness (QED) is 0.905. The van der Waals surface area contributed by atoms with Crippen LogP contribution in [0.1, 0.15) is 53.4 Å². The first-order valence-corrected chi connectivity index (χ1v) is 7.37. The van der Waals surface area contributed by atoms with Crippen LogP contribution < -0.4 is 10.2 Å². The van der Waals surface area contributed by atoms with E-state index in [1.54, 1.807) is 0 Å². The van der Waals surface area contributed by atoms with Gasteiger partial charge in [-0.15, -0.1) is 0 Å². The van der Waals surface area contributed by atoms with Crippen molar-refractivity contribution in [2.45, 2.75) is 65.0 Å². The Morgan fingerprint density at radius 3 is 2.84 bits per heavy atom. The predicted molar refractivity (Wildman–Crippen MR) is 80.7 cm³/mol. The summed E-state index contributed by atoms with van der Waals surface area (Å²) in [7, 11) is 0. The van der Waals surface area contributed by atoms with Crippen LogP contribution in [0.3, 0.4) is 0 Å². The minimum Gasteiger partial charge on any atom is -0.365 e. The summed E-state index contributed by atoms with van der Waals surface area (Å²) < 4.78 is 0. The van der Waals surface area contributed by atoms with Crippen molar-refractivity contribution in [1.29, 1.82) is 0 Å². The van der Waals surface area contributed by atoms with Crippen molar-refractivity contribution < 1.29 is 0 Å². The minimum atomic E-state index is 0.0255. The third-order valence-corrected chi connectivity index (χ3v) is 3.50. The average Bonchev–Trinajstić information content (AvgIpc) is 2.37. The summed E-state index contributed by atoms with van der Waals surface area (Å²) in [6, 6.07) is 2.54. The van der Waals surface area contributed by atoms with Gasteiger partial charge in [-0.1, -0.05) is 6.92 Å². The molecule has 0 radical (unpaired) electrons. The van der Waals surface area contributed by atoms with Gasteiger partial charge in [-0.2, -0.15) is 4.98 Å². The number of rotatable bonds is 3. The molecular weight excluding hydrogens is 236 g/mol. The normalized spacial score (nSPS) is 20.4. The highest BCUT2D eigenvalue weighted by atomic mass is 15.3. The number of aromatic nitrogens is 2. The standard InChI is InChI=1S/C15H26N4/c1-5-12-8-6-7-11-19(12)14-16-10-9-13(17-14)18-15(2,3)4/h9-10,12H,5-8,11H2,1-4H3,(H,16,17,18). The van der Waals surface area contributed by atoms with Gasteiger partial charge >= 0.3 is 0 Å². The van der Waals surface area contributed by atoms with Gasteiger partial charge in [0.05, 0.1) is 0 Å². The largest absolute Gasteiger partial charge is 0.365 e. The molecule has 0 aromatic carbocycles. The smallest absolute Gasteiger partial charge is 0.227 e. The zero-order valence-electron chi connectivity index (χ0n) is 12.6. The van der Waals surface area contributed by atoms with Gasteiger partial charge in [0.25, 0.3) is 0 Å². The molecular formula is C15H26N4. The number of hydrogen-bond donors (Lipinski definition) is 1. The van der Waals surface area contributed by atoms with Crippen LogP contribution >= 0.6 is 0 Å². The lowest BCUT2D eigenvalue weighted by Crippen LogP contribution is -2.40. The fourth-order valence-corrected chi connectivity index (χ4v) is 2.63. The van der Waals surface area contributed by atoms with E-state index in [1.165, 1.54) is 25.7 Å².